The molecule has 4 N–H and O–H groups in total. The number of nitrogens with zero attached hydrogens (tertiary/aromatic N) is 4. The van der Waals surface area contributed by atoms with Crippen LogP contribution in [0.1, 0.15) is 59.7 Å². The van der Waals surface area contributed by atoms with Gasteiger partial charge in [0, 0.05) is 23.5 Å². The Morgan fingerprint density at radius 2 is 2.11 bits per heavy atom. The van der Waals surface area contributed by atoms with Crippen molar-refractivity contribution in [3.8, 4) is 0 Å². The van der Waals surface area contributed by atoms with Crippen LogP contribution in [0.3, 0.4) is 0 Å². The van der Waals surface area contributed by atoms with E-state index in [0.717, 1.165) is 69.3 Å². The number of aromatic nitrogens is 4. The van der Waals surface area contributed by atoms with Crippen molar-refractivity contribution >= 4 is 11.7 Å². The fourth-order valence-corrected chi connectivity index (χ4v) is 4.12. The second kappa shape index (κ2) is 8.04. The second-order valence-electron chi connectivity index (χ2n) is 7.40. The number of fused-ring (bicyclic) bond motifs is 1. The first kappa shape index (κ1) is 17.9. The van der Waals surface area contributed by atoms with E-state index >= 15 is 0 Å². The summed E-state index contributed by atoms with van der Waals surface area (Å²) in [5, 5.41) is 10.9. The monoisotopic (exact) mass is 369 g/mol. The van der Waals surface area contributed by atoms with Crippen molar-refractivity contribution in [2.45, 2.75) is 57.5 Å². The molecule has 1 aliphatic carbocycles. The minimum Gasteiger partial charge on any atom is -0.384 e. The standard InChI is InChI=1S/C19H27N7O/c20-16-8-11-22-17(23-16)12-26(13-4-3-9-21-10-7-13)19(27)18-14-5-1-2-6-15(14)24-25-18/h8,11,13,21H,1-7,9-10,12H2,(H,24,25)(H2,20,22,23). The van der Waals surface area contributed by atoms with Gasteiger partial charge in [-0.3, -0.25) is 9.89 Å². The Bertz CT molecular complexity index is 795. The van der Waals surface area contributed by atoms with Gasteiger partial charge in [-0.15, -0.1) is 0 Å². The molecule has 1 fully saturated rings. The van der Waals surface area contributed by atoms with Crippen LogP contribution in [0.5, 0.6) is 0 Å². The zero-order valence-electron chi connectivity index (χ0n) is 15.6. The molecule has 0 spiro atoms. The molecule has 2 aromatic rings. The summed E-state index contributed by atoms with van der Waals surface area (Å²) in [7, 11) is 0. The molecule has 0 radical (unpaired) electrons. The molecule has 0 bridgehead atoms. The van der Waals surface area contributed by atoms with Crippen molar-refractivity contribution in [3.05, 3.63) is 35.0 Å². The normalized spacial score (nSPS) is 19.9. The van der Waals surface area contributed by atoms with E-state index in [-0.39, 0.29) is 11.9 Å². The van der Waals surface area contributed by atoms with Crippen LogP contribution in [0.15, 0.2) is 12.3 Å². The van der Waals surface area contributed by atoms with Crippen molar-refractivity contribution in [3.63, 3.8) is 0 Å². The van der Waals surface area contributed by atoms with Crippen LogP contribution in [-0.4, -0.2) is 50.1 Å². The number of carbonyl (C=O) groups excluding carboxylic acids is 1. The Hall–Kier alpha value is -2.48. The molecule has 1 saturated heterocycles. The van der Waals surface area contributed by atoms with E-state index in [1.165, 1.54) is 0 Å². The zero-order chi connectivity index (χ0) is 18.6. The van der Waals surface area contributed by atoms with Crippen molar-refractivity contribution in [1.29, 1.82) is 0 Å². The van der Waals surface area contributed by atoms with Gasteiger partial charge in [-0.2, -0.15) is 5.10 Å². The Labute approximate surface area is 159 Å². The summed E-state index contributed by atoms with van der Waals surface area (Å²) in [5.74, 6) is 0.976. The van der Waals surface area contributed by atoms with Crippen molar-refractivity contribution in [2.24, 2.45) is 0 Å². The lowest BCUT2D eigenvalue weighted by Gasteiger charge is -2.30. The molecule has 2 aliphatic rings. The third kappa shape index (κ3) is 3.95. The van der Waals surface area contributed by atoms with Crippen LogP contribution in [0.4, 0.5) is 5.82 Å². The van der Waals surface area contributed by atoms with Crippen LogP contribution in [0.2, 0.25) is 0 Å². The molecule has 1 atom stereocenters. The molecule has 1 unspecified atom stereocenters. The molecule has 27 heavy (non-hydrogen) atoms. The van der Waals surface area contributed by atoms with E-state index in [0.29, 0.717) is 23.9 Å². The number of nitrogens with one attached hydrogen (secondary N) is 2. The minimum absolute atomic E-state index is 0.0210. The molecule has 4 rings (SSSR count). The Balaban J connectivity index is 1.63. The quantitative estimate of drug-likeness (QED) is 0.752. The number of H-pyrrole nitrogens is 1. The number of aryl methyl sites for hydroxylation is 1. The van der Waals surface area contributed by atoms with Gasteiger partial charge >= 0.3 is 0 Å². The summed E-state index contributed by atoms with van der Waals surface area (Å²) >= 11 is 0. The van der Waals surface area contributed by atoms with Gasteiger partial charge in [0.05, 0.1) is 6.54 Å². The Morgan fingerprint density at radius 3 is 3.00 bits per heavy atom. The summed E-state index contributed by atoms with van der Waals surface area (Å²) < 4.78 is 0. The highest BCUT2D eigenvalue weighted by atomic mass is 16.2. The van der Waals surface area contributed by atoms with Crippen molar-refractivity contribution < 1.29 is 4.79 Å². The van der Waals surface area contributed by atoms with Gasteiger partial charge in [0.1, 0.15) is 11.6 Å². The number of hydrogen-bond acceptors (Lipinski definition) is 6. The molecule has 3 heterocycles. The summed E-state index contributed by atoms with van der Waals surface area (Å²) in [6.45, 7) is 2.26. The summed E-state index contributed by atoms with van der Waals surface area (Å²) in [6, 6.07) is 1.81. The lowest BCUT2D eigenvalue weighted by atomic mass is 9.95. The Kier molecular flexibility index (Phi) is 5.33. The van der Waals surface area contributed by atoms with Gasteiger partial charge in [0.25, 0.3) is 5.91 Å². The average Bonchev–Trinajstić information content (AvgIpc) is 2.92. The Morgan fingerprint density at radius 1 is 1.22 bits per heavy atom. The topological polar surface area (TPSA) is 113 Å². The van der Waals surface area contributed by atoms with Crippen molar-refractivity contribution in [2.75, 3.05) is 18.8 Å². The molecule has 1 amide bonds. The fourth-order valence-electron chi connectivity index (χ4n) is 4.12. The lowest BCUT2D eigenvalue weighted by molar-refractivity contribution is 0.0631. The minimum atomic E-state index is -0.0210. The first-order chi connectivity index (χ1) is 13.2. The van der Waals surface area contributed by atoms with Crippen LogP contribution in [0.25, 0.3) is 0 Å². The van der Waals surface area contributed by atoms with Crippen LogP contribution >= 0.6 is 0 Å². The van der Waals surface area contributed by atoms with E-state index in [2.05, 4.69) is 25.5 Å². The molecular formula is C19H27N7O. The van der Waals surface area contributed by atoms with E-state index in [4.69, 9.17) is 5.73 Å². The molecule has 0 saturated carbocycles. The van der Waals surface area contributed by atoms with E-state index in [9.17, 15) is 4.79 Å². The van der Waals surface area contributed by atoms with Gasteiger partial charge in [0.15, 0.2) is 5.69 Å². The average molecular weight is 369 g/mol. The molecule has 8 heteroatoms. The second-order valence-corrected chi connectivity index (χ2v) is 7.40. The number of nitrogen functional groups attached to an aromatic ring is 1. The molecule has 2 aromatic heterocycles. The summed E-state index contributed by atoms with van der Waals surface area (Å²) in [6.07, 6.45) is 8.73. The maximum Gasteiger partial charge on any atom is 0.275 e. The maximum absolute atomic E-state index is 13.5. The molecule has 144 valence electrons. The van der Waals surface area contributed by atoms with Crippen LogP contribution in [0, 0.1) is 0 Å². The van der Waals surface area contributed by atoms with E-state index in [1.807, 2.05) is 4.90 Å². The number of amides is 1. The third-order valence-electron chi connectivity index (χ3n) is 5.54. The largest absolute Gasteiger partial charge is 0.384 e. The predicted molar refractivity (Wildman–Crippen MR) is 102 cm³/mol. The molecular weight excluding hydrogens is 342 g/mol. The van der Waals surface area contributed by atoms with Crippen LogP contribution < -0.4 is 11.1 Å². The number of rotatable bonds is 4. The molecule has 1 aliphatic heterocycles. The lowest BCUT2D eigenvalue weighted by Crippen LogP contribution is -2.41. The first-order valence-electron chi connectivity index (χ1n) is 9.87. The molecule has 8 nitrogen and oxygen atoms in total. The summed E-state index contributed by atoms with van der Waals surface area (Å²) in [5.41, 5.74) is 8.60. The summed E-state index contributed by atoms with van der Waals surface area (Å²) in [4.78, 5) is 24.1. The van der Waals surface area contributed by atoms with Gasteiger partial charge in [-0.05, 0) is 64.1 Å². The first-order valence-corrected chi connectivity index (χ1v) is 9.87. The van der Waals surface area contributed by atoms with Crippen LogP contribution in [-0.2, 0) is 19.4 Å². The number of carbonyl (C=O) groups is 1. The van der Waals surface area contributed by atoms with E-state index < -0.39 is 0 Å². The molecule has 0 aromatic carbocycles. The number of nitrogens with two attached hydrogens (primary N) is 1. The SMILES string of the molecule is Nc1ccnc(CN(C(=O)c2n[nH]c3c2CCCC3)C2CCCNCC2)n1. The van der Waals surface area contributed by atoms with Gasteiger partial charge < -0.3 is 16.0 Å². The van der Waals surface area contributed by atoms with Gasteiger partial charge in [0.2, 0.25) is 0 Å². The highest BCUT2D eigenvalue weighted by Gasteiger charge is 2.31. The van der Waals surface area contributed by atoms with Gasteiger partial charge in [-0.1, -0.05) is 0 Å². The highest BCUT2D eigenvalue weighted by Crippen LogP contribution is 2.25. The smallest absolute Gasteiger partial charge is 0.275 e. The number of aromatic amines is 1. The van der Waals surface area contributed by atoms with E-state index in [1.54, 1.807) is 12.3 Å². The highest BCUT2D eigenvalue weighted by molar-refractivity contribution is 5.94. The third-order valence-corrected chi connectivity index (χ3v) is 5.54. The fraction of sp³-hybridized carbons (Fsp3) is 0.579. The predicted octanol–water partition coefficient (Wildman–Crippen LogP) is 1.45. The zero-order valence-corrected chi connectivity index (χ0v) is 15.6. The number of hydrogen-bond donors (Lipinski definition) is 3. The maximum atomic E-state index is 13.5. The number of anilines is 1. The van der Waals surface area contributed by atoms with Crippen molar-refractivity contribution in [1.82, 2.24) is 30.4 Å². The van der Waals surface area contributed by atoms with Gasteiger partial charge in [-0.25, -0.2) is 9.97 Å².